The Labute approximate surface area is 172 Å². The summed E-state index contributed by atoms with van der Waals surface area (Å²) < 4.78 is 3.46. The number of nitrogens with zero attached hydrogens (tertiary/aromatic N) is 3. The summed E-state index contributed by atoms with van der Waals surface area (Å²) in [4.78, 5) is 27.8. The minimum absolute atomic E-state index is 0.161. The van der Waals surface area contributed by atoms with E-state index in [-0.39, 0.29) is 23.2 Å². The first-order valence-corrected chi connectivity index (χ1v) is 9.71. The van der Waals surface area contributed by atoms with Gasteiger partial charge in [0.05, 0.1) is 16.3 Å². The number of hydrogen-bond donors (Lipinski definition) is 0. The van der Waals surface area contributed by atoms with Gasteiger partial charge in [-0.2, -0.15) is 0 Å². The number of aryl methyl sites for hydroxylation is 1. The lowest BCUT2D eigenvalue weighted by molar-refractivity contribution is 0.0993. The van der Waals surface area contributed by atoms with Crippen molar-refractivity contribution < 1.29 is 4.79 Å². The number of pyridine rings is 1. The van der Waals surface area contributed by atoms with Gasteiger partial charge in [-0.25, -0.2) is 0 Å². The number of halogens is 2. The molecule has 0 bridgehead atoms. The van der Waals surface area contributed by atoms with Gasteiger partial charge in [0.2, 0.25) is 0 Å². The molecule has 0 spiro atoms. The second-order valence-corrected chi connectivity index (χ2v) is 8.08. The maximum absolute atomic E-state index is 13.4. The van der Waals surface area contributed by atoms with E-state index in [2.05, 4.69) is 18.4 Å². The number of carbonyl (C=O) groups is 1. The first kappa shape index (κ1) is 18.8. The van der Waals surface area contributed by atoms with E-state index in [0.717, 1.165) is 11.3 Å². The van der Waals surface area contributed by atoms with Crippen molar-refractivity contribution in [3.05, 3.63) is 86.0 Å². The second kappa shape index (κ2) is 6.83. The summed E-state index contributed by atoms with van der Waals surface area (Å²) in [5.74, 6) is -0.214. The summed E-state index contributed by atoms with van der Waals surface area (Å²) >= 11 is 12.3. The van der Waals surface area contributed by atoms with E-state index in [1.54, 1.807) is 30.1 Å². The molecular weight excluding hydrogens is 397 g/mol. The fourth-order valence-electron chi connectivity index (χ4n) is 3.78. The largest absolute Gasteiger partial charge is 0.346 e. The van der Waals surface area contributed by atoms with Crippen LogP contribution in [0.2, 0.25) is 10.0 Å². The standard InChI is InChI=1S/C21H19Cl2N3O2/c1-12(2)25-9-8-16-19(25)18(13-4-6-14(22)7-5-13)26(20(16)27)17-10-15(23)11-24(3)21(17)28/h4-12,18H,1-3H3. The van der Waals surface area contributed by atoms with Crippen molar-refractivity contribution in [2.24, 2.45) is 7.05 Å². The molecule has 0 saturated carbocycles. The molecule has 0 N–H and O–H groups in total. The molecule has 1 aromatic carbocycles. The number of benzene rings is 1. The third kappa shape index (κ3) is 2.86. The minimum atomic E-state index is -0.441. The third-order valence-corrected chi connectivity index (χ3v) is 5.51. The van der Waals surface area contributed by atoms with Crippen LogP contribution in [0, 0.1) is 0 Å². The van der Waals surface area contributed by atoms with Crippen molar-refractivity contribution in [3.8, 4) is 0 Å². The van der Waals surface area contributed by atoms with Crippen molar-refractivity contribution in [2.75, 3.05) is 4.90 Å². The Kier molecular flexibility index (Phi) is 4.60. The Morgan fingerprint density at radius 3 is 2.32 bits per heavy atom. The molecule has 2 aromatic heterocycles. The molecule has 1 amide bonds. The van der Waals surface area contributed by atoms with Crippen molar-refractivity contribution in [3.63, 3.8) is 0 Å². The summed E-state index contributed by atoms with van der Waals surface area (Å²) in [7, 11) is 1.62. The van der Waals surface area contributed by atoms with Crippen LogP contribution in [0.1, 0.15) is 47.5 Å². The number of amides is 1. The fourth-order valence-corrected chi connectivity index (χ4v) is 4.15. The van der Waals surface area contributed by atoms with Gasteiger partial charge >= 0.3 is 0 Å². The lowest BCUT2D eigenvalue weighted by atomic mass is 10.0. The topological polar surface area (TPSA) is 47.2 Å². The third-order valence-electron chi connectivity index (χ3n) is 5.06. The number of rotatable bonds is 3. The molecule has 5 nitrogen and oxygen atoms in total. The summed E-state index contributed by atoms with van der Waals surface area (Å²) in [6.07, 6.45) is 3.45. The molecule has 1 aliphatic rings. The van der Waals surface area contributed by atoms with E-state index in [4.69, 9.17) is 23.2 Å². The molecule has 1 unspecified atom stereocenters. The van der Waals surface area contributed by atoms with Crippen LogP contribution in [0.3, 0.4) is 0 Å². The van der Waals surface area contributed by atoms with Crippen LogP contribution in [0.4, 0.5) is 5.69 Å². The maximum atomic E-state index is 13.4. The molecule has 0 saturated heterocycles. The Balaban J connectivity index is 1.99. The Hall–Kier alpha value is -2.50. The van der Waals surface area contributed by atoms with Crippen molar-refractivity contribution in [1.82, 2.24) is 9.13 Å². The molecule has 0 radical (unpaired) electrons. The van der Waals surface area contributed by atoms with Crippen LogP contribution in [0.5, 0.6) is 0 Å². The zero-order chi connectivity index (χ0) is 20.2. The van der Waals surface area contributed by atoms with E-state index in [1.807, 2.05) is 24.4 Å². The molecule has 1 atom stereocenters. The van der Waals surface area contributed by atoms with Crippen LogP contribution < -0.4 is 10.5 Å². The highest BCUT2D eigenvalue weighted by Gasteiger charge is 2.42. The van der Waals surface area contributed by atoms with Crippen LogP contribution in [0.25, 0.3) is 0 Å². The zero-order valence-electron chi connectivity index (χ0n) is 15.7. The first-order valence-electron chi connectivity index (χ1n) is 8.95. The Bertz CT molecular complexity index is 1130. The van der Waals surface area contributed by atoms with Crippen LogP contribution in [-0.4, -0.2) is 15.0 Å². The van der Waals surface area contributed by atoms with Crippen LogP contribution in [0.15, 0.2) is 53.6 Å². The van der Waals surface area contributed by atoms with Gasteiger partial charge in [0, 0.05) is 30.5 Å². The van der Waals surface area contributed by atoms with Crippen LogP contribution in [-0.2, 0) is 7.05 Å². The highest BCUT2D eigenvalue weighted by atomic mass is 35.5. The van der Waals surface area contributed by atoms with Gasteiger partial charge in [0.25, 0.3) is 11.5 Å². The molecule has 144 valence electrons. The number of anilines is 1. The van der Waals surface area contributed by atoms with Gasteiger partial charge in [-0.15, -0.1) is 0 Å². The highest BCUT2D eigenvalue weighted by Crippen LogP contribution is 2.42. The predicted molar refractivity (Wildman–Crippen MR) is 112 cm³/mol. The molecule has 7 heteroatoms. The van der Waals surface area contributed by atoms with E-state index < -0.39 is 6.04 Å². The van der Waals surface area contributed by atoms with Crippen LogP contribution >= 0.6 is 23.2 Å². The molecule has 3 heterocycles. The van der Waals surface area contributed by atoms with Gasteiger partial charge in [-0.1, -0.05) is 35.3 Å². The molecule has 3 aromatic rings. The Morgan fingerprint density at radius 2 is 1.68 bits per heavy atom. The van der Waals surface area contributed by atoms with E-state index >= 15 is 0 Å². The normalized spacial score (nSPS) is 16.1. The maximum Gasteiger partial charge on any atom is 0.274 e. The molecule has 4 rings (SSSR count). The molecule has 0 aliphatic carbocycles. The van der Waals surface area contributed by atoms with Gasteiger partial charge in [0.15, 0.2) is 0 Å². The Morgan fingerprint density at radius 1 is 1.00 bits per heavy atom. The number of hydrogen-bond acceptors (Lipinski definition) is 2. The zero-order valence-corrected chi connectivity index (χ0v) is 17.2. The molecular formula is C21H19Cl2N3O2. The lowest BCUT2D eigenvalue weighted by Gasteiger charge is -2.28. The average Bonchev–Trinajstić information content (AvgIpc) is 3.18. The highest BCUT2D eigenvalue weighted by molar-refractivity contribution is 6.31. The minimum Gasteiger partial charge on any atom is -0.346 e. The predicted octanol–water partition coefficient (Wildman–Crippen LogP) is 4.82. The summed E-state index contributed by atoms with van der Waals surface area (Å²) in [5.41, 5.74) is 2.31. The lowest BCUT2D eigenvalue weighted by Crippen LogP contribution is -2.35. The monoisotopic (exact) mass is 415 g/mol. The second-order valence-electron chi connectivity index (χ2n) is 7.20. The van der Waals surface area contributed by atoms with Gasteiger partial charge in [0.1, 0.15) is 11.7 Å². The van der Waals surface area contributed by atoms with Crippen molar-refractivity contribution >= 4 is 34.8 Å². The van der Waals surface area contributed by atoms with Gasteiger partial charge < -0.3 is 9.13 Å². The van der Waals surface area contributed by atoms with Crippen molar-refractivity contribution in [1.29, 1.82) is 0 Å². The van der Waals surface area contributed by atoms with Gasteiger partial charge in [-0.3, -0.25) is 14.5 Å². The first-order chi connectivity index (χ1) is 13.3. The molecule has 28 heavy (non-hydrogen) atoms. The SMILES string of the molecule is CC(C)n1ccc2c1C(c1ccc(Cl)cc1)N(c1cc(Cl)cn(C)c1=O)C2=O. The van der Waals surface area contributed by atoms with Crippen molar-refractivity contribution in [2.45, 2.75) is 25.9 Å². The summed E-state index contributed by atoms with van der Waals surface area (Å²) in [5, 5.41) is 1.00. The molecule has 0 fully saturated rings. The summed E-state index contributed by atoms with van der Waals surface area (Å²) in [6.45, 7) is 4.12. The number of carbonyl (C=O) groups excluding carboxylic acids is 1. The number of fused-ring (bicyclic) bond motifs is 1. The van der Waals surface area contributed by atoms with E-state index in [0.29, 0.717) is 15.6 Å². The average molecular weight is 416 g/mol. The quantitative estimate of drug-likeness (QED) is 0.615. The van der Waals surface area contributed by atoms with E-state index in [9.17, 15) is 9.59 Å². The van der Waals surface area contributed by atoms with E-state index in [1.165, 1.54) is 10.8 Å². The smallest absolute Gasteiger partial charge is 0.274 e. The summed E-state index contributed by atoms with van der Waals surface area (Å²) in [6, 6.07) is 10.4. The number of aromatic nitrogens is 2. The fraction of sp³-hybridized carbons (Fsp3) is 0.238. The molecule has 1 aliphatic heterocycles. The van der Waals surface area contributed by atoms with Gasteiger partial charge in [-0.05, 0) is 43.7 Å².